The van der Waals surface area contributed by atoms with Gasteiger partial charge < -0.3 is 16.0 Å². The lowest BCUT2D eigenvalue weighted by molar-refractivity contribution is 0.0897. The van der Waals surface area contributed by atoms with E-state index in [2.05, 4.69) is 29.0 Å². The first-order valence-electron chi connectivity index (χ1n) is 8.27. The number of halogens is 2. The number of carbonyl (C=O) groups is 1. The smallest absolute Gasteiger partial charge is 0.253 e. The quantitative estimate of drug-likeness (QED) is 0.731. The summed E-state index contributed by atoms with van der Waals surface area (Å²) in [5.74, 6) is 1.34. The third-order valence-corrected chi connectivity index (χ3v) is 4.51. The Hall–Kier alpha value is -1.04. The molecular formula is C17H30Cl2N4O. The molecule has 1 aromatic heterocycles. The second-order valence-corrected chi connectivity index (χ2v) is 6.33. The molecule has 1 aromatic rings. The number of nitrogens with one attached hydrogen (secondary N) is 1. The van der Waals surface area contributed by atoms with E-state index in [4.69, 9.17) is 5.73 Å². The molecule has 1 fully saturated rings. The van der Waals surface area contributed by atoms with Crippen molar-refractivity contribution >= 4 is 36.5 Å². The van der Waals surface area contributed by atoms with Gasteiger partial charge in [-0.25, -0.2) is 4.98 Å². The molecule has 0 aromatic carbocycles. The molecule has 1 amide bonds. The maximum absolute atomic E-state index is 12.4. The van der Waals surface area contributed by atoms with Gasteiger partial charge >= 0.3 is 0 Å². The molecule has 1 heterocycles. The minimum atomic E-state index is -0.298. The number of amides is 1. The summed E-state index contributed by atoms with van der Waals surface area (Å²) in [6.45, 7) is 8.65. The highest BCUT2D eigenvalue weighted by Crippen LogP contribution is 2.39. The predicted molar refractivity (Wildman–Crippen MR) is 105 cm³/mol. The number of anilines is 1. The summed E-state index contributed by atoms with van der Waals surface area (Å²) in [7, 11) is 0. The lowest BCUT2D eigenvalue weighted by atomic mass is 9.95. The fourth-order valence-corrected chi connectivity index (χ4v) is 2.78. The van der Waals surface area contributed by atoms with Crippen LogP contribution in [0.1, 0.15) is 50.4 Å². The van der Waals surface area contributed by atoms with Crippen molar-refractivity contribution in [3.63, 3.8) is 0 Å². The van der Waals surface area contributed by atoms with E-state index in [0.29, 0.717) is 18.0 Å². The highest BCUT2D eigenvalue weighted by atomic mass is 35.5. The Bertz CT molecular complexity index is 508. The highest BCUT2D eigenvalue weighted by molar-refractivity contribution is 5.94. The van der Waals surface area contributed by atoms with E-state index in [1.165, 1.54) is 0 Å². The lowest BCUT2D eigenvalue weighted by Crippen LogP contribution is -2.53. The van der Waals surface area contributed by atoms with E-state index in [-0.39, 0.29) is 36.3 Å². The van der Waals surface area contributed by atoms with Crippen molar-refractivity contribution in [2.45, 2.75) is 45.6 Å². The molecule has 0 bridgehead atoms. The number of hydrogen-bond donors (Lipinski definition) is 2. The van der Waals surface area contributed by atoms with Crippen molar-refractivity contribution in [1.82, 2.24) is 10.3 Å². The van der Waals surface area contributed by atoms with Crippen molar-refractivity contribution in [3.8, 4) is 0 Å². The average molecular weight is 377 g/mol. The number of hydrogen-bond acceptors (Lipinski definition) is 4. The van der Waals surface area contributed by atoms with Crippen LogP contribution in [0.25, 0.3) is 0 Å². The van der Waals surface area contributed by atoms with Crippen molar-refractivity contribution < 1.29 is 4.79 Å². The molecule has 0 radical (unpaired) electrons. The molecule has 5 nitrogen and oxygen atoms in total. The summed E-state index contributed by atoms with van der Waals surface area (Å²) >= 11 is 0. The van der Waals surface area contributed by atoms with Gasteiger partial charge in [0, 0.05) is 25.8 Å². The van der Waals surface area contributed by atoms with Crippen LogP contribution in [-0.4, -0.2) is 36.1 Å². The molecular weight excluding hydrogens is 347 g/mol. The summed E-state index contributed by atoms with van der Waals surface area (Å²) < 4.78 is 0. The first kappa shape index (κ1) is 23.0. The largest absolute Gasteiger partial charge is 0.357 e. The Morgan fingerprint density at radius 3 is 2.46 bits per heavy atom. The van der Waals surface area contributed by atoms with Gasteiger partial charge in [-0.15, -0.1) is 24.8 Å². The summed E-state index contributed by atoms with van der Waals surface area (Å²) in [5, 5.41) is 3.09. The zero-order valence-corrected chi connectivity index (χ0v) is 16.4. The van der Waals surface area contributed by atoms with Gasteiger partial charge in [-0.05, 0) is 51.2 Å². The van der Waals surface area contributed by atoms with E-state index in [1.54, 1.807) is 6.20 Å². The molecule has 0 saturated heterocycles. The minimum Gasteiger partial charge on any atom is -0.357 e. The monoisotopic (exact) mass is 376 g/mol. The lowest BCUT2D eigenvalue weighted by Gasteiger charge is -2.29. The molecule has 1 aliphatic carbocycles. The van der Waals surface area contributed by atoms with E-state index in [1.807, 2.05) is 19.1 Å². The molecule has 1 atom stereocenters. The van der Waals surface area contributed by atoms with Crippen LogP contribution in [0.3, 0.4) is 0 Å². The number of nitrogens with zero attached hydrogens (tertiary/aromatic N) is 2. The SMILES string of the molecule is CCCN(CC)c1ccc(C(=O)NC(C)(CN)C2CC2)cn1.Cl.Cl. The fourth-order valence-electron chi connectivity index (χ4n) is 2.78. The van der Waals surface area contributed by atoms with E-state index in [0.717, 1.165) is 38.2 Å². The van der Waals surface area contributed by atoms with Gasteiger partial charge in [0.1, 0.15) is 5.82 Å². The molecule has 3 N–H and O–H groups in total. The third-order valence-electron chi connectivity index (χ3n) is 4.51. The van der Waals surface area contributed by atoms with Crippen molar-refractivity contribution in [2.24, 2.45) is 11.7 Å². The average Bonchev–Trinajstić information content (AvgIpc) is 3.38. The van der Waals surface area contributed by atoms with Gasteiger partial charge in [0.15, 0.2) is 0 Å². The first-order valence-corrected chi connectivity index (χ1v) is 8.27. The number of aromatic nitrogens is 1. The Morgan fingerprint density at radius 2 is 2.04 bits per heavy atom. The molecule has 138 valence electrons. The summed E-state index contributed by atoms with van der Waals surface area (Å²) in [4.78, 5) is 19.1. The van der Waals surface area contributed by atoms with Crippen molar-refractivity contribution in [2.75, 3.05) is 24.5 Å². The van der Waals surface area contributed by atoms with Crippen LogP contribution in [-0.2, 0) is 0 Å². The van der Waals surface area contributed by atoms with Gasteiger partial charge in [-0.1, -0.05) is 6.92 Å². The number of pyridine rings is 1. The summed E-state index contributed by atoms with van der Waals surface area (Å²) in [6, 6.07) is 3.77. The number of carbonyl (C=O) groups excluding carboxylic acids is 1. The van der Waals surface area contributed by atoms with Crippen LogP contribution in [0.5, 0.6) is 0 Å². The van der Waals surface area contributed by atoms with Crippen LogP contribution >= 0.6 is 24.8 Å². The Labute approximate surface area is 157 Å². The second kappa shape index (κ2) is 10.1. The first-order chi connectivity index (χ1) is 10.5. The second-order valence-electron chi connectivity index (χ2n) is 6.33. The van der Waals surface area contributed by atoms with Crippen molar-refractivity contribution in [1.29, 1.82) is 0 Å². The molecule has 1 aliphatic rings. The van der Waals surface area contributed by atoms with Gasteiger partial charge in [-0.2, -0.15) is 0 Å². The van der Waals surface area contributed by atoms with E-state index < -0.39 is 0 Å². The Balaban J connectivity index is 0.00000264. The standard InChI is InChI=1S/C17H28N4O.2ClH/c1-4-10-21(5-2)15-9-6-13(11-19-15)16(22)20-17(3,12-18)14-7-8-14;;/h6,9,11,14H,4-5,7-8,10,12,18H2,1-3H3,(H,20,22);2*1H. The number of rotatable bonds is 8. The predicted octanol–water partition coefficient (Wildman–Crippen LogP) is 3.02. The maximum atomic E-state index is 12.4. The molecule has 0 aliphatic heterocycles. The zero-order valence-electron chi connectivity index (χ0n) is 14.7. The summed E-state index contributed by atoms with van der Waals surface area (Å²) in [5.41, 5.74) is 6.15. The minimum absolute atomic E-state index is 0. The fraction of sp³-hybridized carbons (Fsp3) is 0.647. The van der Waals surface area contributed by atoms with Crippen molar-refractivity contribution in [3.05, 3.63) is 23.9 Å². The topological polar surface area (TPSA) is 71.2 Å². The van der Waals surface area contributed by atoms with Gasteiger partial charge in [0.05, 0.1) is 11.1 Å². The molecule has 1 unspecified atom stereocenters. The van der Waals surface area contributed by atoms with Gasteiger partial charge in [0.2, 0.25) is 0 Å². The normalized spacial score (nSPS) is 15.5. The number of nitrogens with two attached hydrogens (primary N) is 1. The molecule has 1 saturated carbocycles. The van der Waals surface area contributed by atoms with Gasteiger partial charge in [0.25, 0.3) is 5.91 Å². The molecule has 2 rings (SSSR count). The van der Waals surface area contributed by atoms with E-state index >= 15 is 0 Å². The molecule has 7 heteroatoms. The van der Waals surface area contributed by atoms with Crippen LogP contribution in [0, 0.1) is 5.92 Å². The van der Waals surface area contributed by atoms with Crippen LogP contribution in [0.2, 0.25) is 0 Å². The summed E-state index contributed by atoms with van der Waals surface area (Å²) in [6.07, 6.45) is 5.03. The maximum Gasteiger partial charge on any atom is 0.253 e. The van der Waals surface area contributed by atoms with E-state index in [9.17, 15) is 4.79 Å². The Kier molecular flexibility index (Phi) is 9.63. The van der Waals surface area contributed by atoms with Crippen LogP contribution in [0.4, 0.5) is 5.82 Å². The zero-order chi connectivity index (χ0) is 16.2. The van der Waals surface area contributed by atoms with Crippen LogP contribution in [0.15, 0.2) is 18.3 Å². The molecule has 24 heavy (non-hydrogen) atoms. The third kappa shape index (κ3) is 5.50. The highest BCUT2D eigenvalue weighted by Gasteiger charge is 2.41. The van der Waals surface area contributed by atoms with Gasteiger partial charge in [-0.3, -0.25) is 4.79 Å². The molecule has 0 spiro atoms. The van der Waals surface area contributed by atoms with Crippen LogP contribution < -0.4 is 16.0 Å². The Morgan fingerprint density at radius 1 is 1.38 bits per heavy atom.